The lowest BCUT2D eigenvalue weighted by Crippen LogP contribution is -2.54. The van der Waals surface area contributed by atoms with E-state index in [-0.39, 0.29) is 36.1 Å². The van der Waals surface area contributed by atoms with Gasteiger partial charge in [-0.25, -0.2) is 13.8 Å². The molecule has 7 nitrogen and oxygen atoms in total. The first-order valence-electron chi connectivity index (χ1n) is 10.7. The maximum atomic E-state index is 13.8. The zero-order valence-electron chi connectivity index (χ0n) is 18.5. The van der Waals surface area contributed by atoms with Crippen LogP contribution < -0.4 is 5.73 Å². The van der Waals surface area contributed by atoms with Crippen molar-refractivity contribution in [3.8, 4) is 16.5 Å². The van der Waals surface area contributed by atoms with Crippen LogP contribution in [0.4, 0.5) is 8.78 Å². The van der Waals surface area contributed by atoms with Crippen LogP contribution in [0.2, 0.25) is 0 Å². The van der Waals surface area contributed by atoms with Crippen LogP contribution in [0.25, 0.3) is 10.4 Å². The Labute approximate surface area is 203 Å². The van der Waals surface area contributed by atoms with Gasteiger partial charge in [0.25, 0.3) is 5.91 Å². The van der Waals surface area contributed by atoms with Gasteiger partial charge in [-0.1, -0.05) is 12.1 Å². The molecule has 0 aliphatic carbocycles. The Hall–Kier alpha value is -4.10. The van der Waals surface area contributed by atoms with E-state index in [4.69, 9.17) is 10.7 Å². The largest absolute Gasteiger partial charge is 0.369 e. The van der Waals surface area contributed by atoms with Crippen LogP contribution in [0.1, 0.15) is 20.8 Å². The van der Waals surface area contributed by atoms with Crippen LogP contribution in [-0.4, -0.2) is 47.7 Å². The van der Waals surface area contributed by atoms with Crippen molar-refractivity contribution in [3.63, 3.8) is 0 Å². The molecule has 1 fully saturated rings. The van der Waals surface area contributed by atoms with E-state index in [1.54, 1.807) is 6.07 Å². The first-order chi connectivity index (χ1) is 16.7. The van der Waals surface area contributed by atoms with Crippen molar-refractivity contribution >= 4 is 29.1 Å². The van der Waals surface area contributed by atoms with Gasteiger partial charge in [0, 0.05) is 28.9 Å². The number of rotatable bonds is 3. The molecule has 2 N–H and O–H groups in total. The maximum absolute atomic E-state index is 13.8. The van der Waals surface area contributed by atoms with Gasteiger partial charge in [0.15, 0.2) is 5.96 Å². The van der Waals surface area contributed by atoms with Crippen molar-refractivity contribution in [1.82, 2.24) is 9.80 Å². The summed E-state index contributed by atoms with van der Waals surface area (Å²) in [7, 11) is 1.53. The minimum absolute atomic E-state index is 0.0369. The van der Waals surface area contributed by atoms with Crippen LogP contribution in [-0.2, 0) is 10.3 Å². The van der Waals surface area contributed by atoms with E-state index in [2.05, 4.69) is 0 Å². The summed E-state index contributed by atoms with van der Waals surface area (Å²) in [6, 6.07) is 15.1. The fraction of sp³-hybridized carbons (Fsp3) is 0.200. The van der Waals surface area contributed by atoms with Crippen molar-refractivity contribution in [3.05, 3.63) is 82.2 Å². The number of carbonyl (C=O) groups excluding carboxylic acids is 2. The van der Waals surface area contributed by atoms with Gasteiger partial charge >= 0.3 is 0 Å². The Balaban J connectivity index is 1.57. The number of benzene rings is 2. The van der Waals surface area contributed by atoms with Gasteiger partial charge in [0.05, 0.1) is 18.0 Å². The Kier molecular flexibility index (Phi) is 5.37. The van der Waals surface area contributed by atoms with Crippen molar-refractivity contribution in [1.29, 1.82) is 5.26 Å². The molecule has 1 saturated heterocycles. The molecule has 5 rings (SSSR count). The predicted octanol–water partition coefficient (Wildman–Crippen LogP) is 3.32. The number of likely N-dealkylation sites (tertiary alicyclic amines) is 1. The summed E-state index contributed by atoms with van der Waals surface area (Å²) in [4.78, 5) is 35.4. The zero-order chi connectivity index (χ0) is 24.9. The number of fused-ring (bicyclic) bond motifs is 1. The van der Waals surface area contributed by atoms with Gasteiger partial charge in [-0.2, -0.15) is 5.26 Å². The summed E-state index contributed by atoms with van der Waals surface area (Å²) in [6.45, 7) is 0.178. The second-order valence-electron chi connectivity index (χ2n) is 8.51. The molecule has 2 atom stereocenters. The monoisotopic (exact) mass is 491 g/mol. The molecule has 2 aliphatic rings. The molecule has 2 unspecified atom stereocenters. The first kappa shape index (κ1) is 22.7. The number of amides is 2. The summed E-state index contributed by atoms with van der Waals surface area (Å²) >= 11 is 1.34. The zero-order valence-corrected chi connectivity index (χ0v) is 19.4. The number of hydrogen-bond acceptors (Lipinski definition) is 6. The first-order valence-corrected chi connectivity index (χ1v) is 11.5. The summed E-state index contributed by atoms with van der Waals surface area (Å²) in [5, 5.41) is 9.18. The van der Waals surface area contributed by atoms with Gasteiger partial charge in [-0.15, -0.1) is 11.3 Å². The Morgan fingerprint density at radius 2 is 2.03 bits per heavy atom. The third kappa shape index (κ3) is 3.65. The molecule has 2 aliphatic heterocycles. The molecule has 10 heteroatoms. The molecule has 1 aromatic heterocycles. The third-order valence-electron chi connectivity index (χ3n) is 6.46. The number of halogens is 2. The quantitative estimate of drug-likeness (QED) is 0.607. The number of thiophene rings is 1. The minimum atomic E-state index is -1.11. The van der Waals surface area contributed by atoms with E-state index in [0.717, 1.165) is 10.9 Å². The second kappa shape index (κ2) is 8.29. The molecule has 176 valence electrons. The molecule has 0 spiro atoms. The van der Waals surface area contributed by atoms with E-state index in [1.165, 1.54) is 58.5 Å². The van der Waals surface area contributed by atoms with Crippen LogP contribution in [0, 0.1) is 28.9 Å². The summed E-state index contributed by atoms with van der Waals surface area (Å²) in [5.41, 5.74) is 5.74. The molecule has 0 saturated carbocycles. The van der Waals surface area contributed by atoms with E-state index in [0.29, 0.717) is 10.4 Å². The van der Waals surface area contributed by atoms with E-state index in [1.807, 2.05) is 18.2 Å². The molecule has 3 heterocycles. The smallest absolute Gasteiger partial charge is 0.254 e. The maximum Gasteiger partial charge on any atom is 0.254 e. The van der Waals surface area contributed by atoms with Crippen molar-refractivity contribution in [2.75, 3.05) is 20.1 Å². The predicted molar refractivity (Wildman–Crippen MR) is 126 cm³/mol. The van der Waals surface area contributed by atoms with Gasteiger partial charge < -0.3 is 10.6 Å². The average molecular weight is 492 g/mol. The Bertz CT molecular complexity index is 1450. The van der Waals surface area contributed by atoms with Gasteiger partial charge in [-0.05, 0) is 48.0 Å². The number of nitrogens with two attached hydrogens (primary N) is 1. The van der Waals surface area contributed by atoms with Crippen molar-refractivity contribution in [2.24, 2.45) is 16.6 Å². The van der Waals surface area contributed by atoms with Gasteiger partial charge in [0.1, 0.15) is 23.2 Å². The lowest BCUT2D eigenvalue weighted by atomic mass is 9.84. The summed E-state index contributed by atoms with van der Waals surface area (Å²) in [6.07, 6.45) is 0. The van der Waals surface area contributed by atoms with Crippen LogP contribution in [0.15, 0.2) is 59.6 Å². The molecule has 0 bridgehead atoms. The van der Waals surface area contributed by atoms with Gasteiger partial charge in [-0.3, -0.25) is 14.5 Å². The van der Waals surface area contributed by atoms with E-state index in [9.17, 15) is 23.6 Å². The SMILES string of the molecule is CN1C(=O)C2CN(C(=O)c3cccc(F)c3)CC2(c2ccc(-c3ccc(F)c(C#N)c3)s2)N=C1N. The molecule has 2 aromatic carbocycles. The topological polar surface area (TPSA) is 103 Å². The highest BCUT2D eigenvalue weighted by atomic mass is 32.1. The fourth-order valence-electron chi connectivity index (χ4n) is 4.61. The average Bonchev–Trinajstić information content (AvgIpc) is 3.49. The van der Waals surface area contributed by atoms with E-state index >= 15 is 0 Å². The van der Waals surface area contributed by atoms with Gasteiger partial charge in [0.2, 0.25) is 5.91 Å². The molecule has 3 aromatic rings. The highest BCUT2D eigenvalue weighted by Gasteiger charge is 2.57. The third-order valence-corrected chi connectivity index (χ3v) is 7.76. The number of nitrogens with zero attached hydrogens (tertiary/aromatic N) is 4. The Morgan fingerprint density at radius 1 is 1.23 bits per heavy atom. The number of hydrogen-bond donors (Lipinski definition) is 1. The molecule has 35 heavy (non-hydrogen) atoms. The minimum Gasteiger partial charge on any atom is -0.369 e. The normalized spacial score (nSPS) is 21.5. The Morgan fingerprint density at radius 3 is 2.77 bits per heavy atom. The second-order valence-corrected chi connectivity index (χ2v) is 9.59. The lowest BCUT2D eigenvalue weighted by molar-refractivity contribution is -0.132. The number of aliphatic imine (C=N–C) groups is 1. The van der Waals surface area contributed by atoms with Crippen molar-refractivity contribution < 1.29 is 18.4 Å². The fourth-order valence-corrected chi connectivity index (χ4v) is 5.80. The highest BCUT2D eigenvalue weighted by Crippen LogP contribution is 2.48. The molecular formula is C25H19F2N5O2S. The lowest BCUT2D eigenvalue weighted by Gasteiger charge is -2.36. The summed E-state index contributed by atoms with van der Waals surface area (Å²) < 4.78 is 27.6. The summed E-state index contributed by atoms with van der Waals surface area (Å²) in [5.74, 6) is -2.46. The standard InChI is InChI=1S/C25H19F2N5O2S/c1-31-23(34)18-12-32(22(33)15-3-2-4-17(26)10-15)13-25(18,30-24(31)29)21-8-7-20(35-21)14-5-6-19(27)16(9-14)11-28/h2-10,18H,12-13H2,1H3,(H2,29,30). The van der Waals surface area contributed by atoms with Crippen LogP contribution in [0.5, 0.6) is 0 Å². The molecule has 0 radical (unpaired) electrons. The molecule has 2 amide bonds. The van der Waals surface area contributed by atoms with Crippen LogP contribution in [0.3, 0.4) is 0 Å². The van der Waals surface area contributed by atoms with Crippen LogP contribution >= 0.6 is 11.3 Å². The molecular weight excluding hydrogens is 472 g/mol. The number of nitriles is 1. The number of guanidine groups is 1. The number of carbonyl (C=O) groups is 2. The highest BCUT2D eigenvalue weighted by molar-refractivity contribution is 7.15. The van der Waals surface area contributed by atoms with Crippen molar-refractivity contribution in [2.45, 2.75) is 5.54 Å². The van der Waals surface area contributed by atoms with E-state index < -0.39 is 29.0 Å².